The van der Waals surface area contributed by atoms with Crippen molar-refractivity contribution in [2.45, 2.75) is 31.7 Å². The summed E-state index contributed by atoms with van der Waals surface area (Å²) in [5, 5.41) is 5.31. The molecular weight excluding hydrogens is 320 g/mol. The number of hydrogen-bond donors (Lipinski definition) is 2. The van der Waals surface area contributed by atoms with Crippen molar-refractivity contribution in [1.82, 2.24) is 10.2 Å². The third kappa shape index (κ3) is 4.85. The van der Waals surface area contributed by atoms with Crippen LogP contribution in [0.2, 0.25) is 0 Å². The Hall–Kier alpha value is -1.79. The van der Waals surface area contributed by atoms with Gasteiger partial charge in [0.25, 0.3) is 0 Å². The summed E-state index contributed by atoms with van der Waals surface area (Å²) < 4.78 is 5.64. The highest BCUT2D eigenvalue weighted by Crippen LogP contribution is 2.25. The van der Waals surface area contributed by atoms with E-state index in [4.69, 9.17) is 10.2 Å². The van der Waals surface area contributed by atoms with Crippen LogP contribution in [0, 0.1) is 0 Å². The normalized spacial score (nSPS) is 17.8. The molecule has 3 rings (SSSR count). The van der Waals surface area contributed by atoms with Gasteiger partial charge in [-0.15, -0.1) is 11.3 Å². The quantitative estimate of drug-likeness (QED) is 0.597. The molecule has 1 fully saturated rings. The first-order valence-corrected chi connectivity index (χ1v) is 9.54. The summed E-state index contributed by atoms with van der Waals surface area (Å²) in [7, 11) is 0. The maximum absolute atomic E-state index is 6.04. The molecule has 0 aromatic carbocycles. The summed E-state index contributed by atoms with van der Waals surface area (Å²) in [6, 6.07) is 8.37. The molecule has 0 radical (unpaired) electrons. The maximum Gasteiger partial charge on any atom is 0.188 e. The van der Waals surface area contributed by atoms with Gasteiger partial charge in [0, 0.05) is 11.4 Å². The van der Waals surface area contributed by atoms with Gasteiger partial charge in [0.15, 0.2) is 5.96 Å². The number of furan rings is 1. The molecule has 3 N–H and O–H groups in total. The highest BCUT2D eigenvalue weighted by molar-refractivity contribution is 7.09. The minimum absolute atomic E-state index is 0.179. The van der Waals surface area contributed by atoms with Gasteiger partial charge in [0.05, 0.1) is 18.8 Å². The van der Waals surface area contributed by atoms with Crippen molar-refractivity contribution in [3.63, 3.8) is 0 Å². The molecule has 0 amide bonds. The number of thiophene rings is 1. The van der Waals surface area contributed by atoms with Crippen LogP contribution in [0.4, 0.5) is 0 Å². The molecule has 1 atom stereocenters. The van der Waals surface area contributed by atoms with Gasteiger partial charge in [0.1, 0.15) is 5.76 Å². The van der Waals surface area contributed by atoms with Gasteiger partial charge in [-0.25, -0.2) is 0 Å². The van der Waals surface area contributed by atoms with Crippen LogP contribution < -0.4 is 11.1 Å². The first kappa shape index (κ1) is 17.0. The van der Waals surface area contributed by atoms with Crippen LogP contribution in [-0.2, 0) is 6.42 Å². The second-order valence-electron chi connectivity index (χ2n) is 6.11. The summed E-state index contributed by atoms with van der Waals surface area (Å²) in [6.45, 7) is 3.65. The summed E-state index contributed by atoms with van der Waals surface area (Å²) >= 11 is 1.77. The maximum atomic E-state index is 6.04. The molecule has 2 aromatic heterocycles. The standard InChI is InChI=1S/C18H26N4OS/c19-18(20-9-8-15-6-5-13-24-15)21-14-16(17-7-4-12-23-17)22-10-2-1-3-11-22/h4-7,12-13,16H,1-3,8-11,14H2,(H3,19,20,21). The average molecular weight is 346 g/mol. The Labute approximate surface area is 147 Å². The van der Waals surface area contributed by atoms with E-state index in [2.05, 4.69) is 32.7 Å². The molecule has 24 heavy (non-hydrogen) atoms. The van der Waals surface area contributed by atoms with E-state index in [1.165, 1.54) is 24.1 Å². The minimum atomic E-state index is 0.179. The molecule has 0 spiro atoms. The number of nitrogens with zero attached hydrogens (tertiary/aromatic N) is 2. The zero-order chi connectivity index (χ0) is 16.6. The summed E-state index contributed by atoms with van der Waals surface area (Å²) in [4.78, 5) is 8.38. The summed E-state index contributed by atoms with van der Waals surface area (Å²) in [6.07, 6.45) is 6.52. The van der Waals surface area contributed by atoms with Gasteiger partial charge in [-0.2, -0.15) is 0 Å². The number of hydrogen-bond acceptors (Lipinski definition) is 4. The predicted octanol–water partition coefficient (Wildman–Crippen LogP) is 3.02. The lowest BCUT2D eigenvalue weighted by Crippen LogP contribution is -2.37. The Balaban J connectivity index is 1.53. The van der Waals surface area contributed by atoms with Crippen LogP contribution in [-0.4, -0.2) is 37.0 Å². The zero-order valence-corrected chi connectivity index (χ0v) is 14.8. The fourth-order valence-corrected chi connectivity index (χ4v) is 3.81. The molecule has 6 heteroatoms. The van der Waals surface area contributed by atoms with Crippen molar-refractivity contribution in [3.8, 4) is 0 Å². The topological polar surface area (TPSA) is 66.8 Å². The smallest absolute Gasteiger partial charge is 0.188 e. The van der Waals surface area contributed by atoms with Crippen molar-refractivity contribution >= 4 is 17.3 Å². The van der Waals surface area contributed by atoms with Gasteiger partial charge in [-0.3, -0.25) is 9.89 Å². The van der Waals surface area contributed by atoms with E-state index in [0.717, 1.165) is 31.8 Å². The molecule has 3 heterocycles. The number of aliphatic imine (C=N–C) groups is 1. The Morgan fingerprint density at radius 3 is 2.88 bits per heavy atom. The number of rotatable bonds is 7. The van der Waals surface area contributed by atoms with E-state index >= 15 is 0 Å². The van der Waals surface area contributed by atoms with Gasteiger partial charge in [-0.05, 0) is 55.9 Å². The lowest BCUT2D eigenvalue weighted by atomic mass is 10.1. The van der Waals surface area contributed by atoms with E-state index in [-0.39, 0.29) is 6.04 Å². The molecule has 1 aliphatic heterocycles. The van der Waals surface area contributed by atoms with Crippen molar-refractivity contribution in [2.24, 2.45) is 10.7 Å². The molecule has 2 aromatic rings. The second kappa shape index (κ2) is 8.89. The first-order chi connectivity index (χ1) is 11.8. The van der Waals surface area contributed by atoms with E-state index < -0.39 is 0 Å². The van der Waals surface area contributed by atoms with E-state index in [1.807, 2.05) is 12.1 Å². The summed E-state index contributed by atoms with van der Waals surface area (Å²) in [5.74, 6) is 1.49. The molecule has 1 unspecified atom stereocenters. The SMILES string of the molecule is NC(=NCC(c1ccco1)N1CCCCC1)NCCc1cccs1. The number of nitrogens with one attached hydrogen (secondary N) is 1. The third-order valence-electron chi connectivity index (χ3n) is 4.40. The number of piperidine rings is 1. The average Bonchev–Trinajstić information content (AvgIpc) is 3.30. The van der Waals surface area contributed by atoms with Gasteiger partial charge in [-0.1, -0.05) is 12.5 Å². The van der Waals surface area contributed by atoms with Crippen molar-refractivity contribution < 1.29 is 4.42 Å². The Bertz CT molecular complexity index is 603. The van der Waals surface area contributed by atoms with Gasteiger partial charge in [0.2, 0.25) is 0 Å². The van der Waals surface area contributed by atoms with Crippen molar-refractivity contribution in [3.05, 3.63) is 46.5 Å². The lowest BCUT2D eigenvalue weighted by Gasteiger charge is -2.32. The van der Waals surface area contributed by atoms with E-state index in [9.17, 15) is 0 Å². The van der Waals surface area contributed by atoms with Gasteiger partial charge >= 0.3 is 0 Å². The number of guanidine groups is 1. The molecule has 0 saturated carbocycles. The van der Waals surface area contributed by atoms with Crippen LogP contribution in [0.25, 0.3) is 0 Å². The Kier molecular flexibility index (Phi) is 6.32. The minimum Gasteiger partial charge on any atom is -0.468 e. The van der Waals surface area contributed by atoms with Crippen LogP contribution >= 0.6 is 11.3 Å². The lowest BCUT2D eigenvalue weighted by molar-refractivity contribution is 0.150. The van der Waals surface area contributed by atoms with Crippen molar-refractivity contribution in [1.29, 1.82) is 0 Å². The molecular formula is C18H26N4OS. The highest BCUT2D eigenvalue weighted by atomic mass is 32.1. The van der Waals surface area contributed by atoms with E-state index in [1.54, 1.807) is 17.6 Å². The molecule has 130 valence electrons. The zero-order valence-electron chi connectivity index (χ0n) is 14.0. The largest absolute Gasteiger partial charge is 0.468 e. The van der Waals surface area contributed by atoms with E-state index in [0.29, 0.717) is 12.5 Å². The second-order valence-corrected chi connectivity index (χ2v) is 7.14. The molecule has 5 nitrogen and oxygen atoms in total. The number of nitrogens with two attached hydrogens (primary N) is 1. The monoisotopic (exact) mass is 346 g/mol. The van der Waals surface area contributed by atoms with Crippen LogP contribution in [0.1, 0.15) is 35.9 Å². The first-order valence-electron chi connectivity index (χ1n) is 8.66. The molecule has 1 saturated heterocycles. The predicted molar refractivity (Wildman–Crippen MR) is 99.4 cm³/mol. The highest BCUT2D eigenvalue weighted by Gasteiger charge is 2.24. The Morgan fingerprint density at radius 2 is 2.17 bits per heavy atom. The van der Waals surface area contributed by atoms with Crippen LogP contribution in [0.3, 0.4) is 0 Å². The molecule has 1 aliphatic rings. The molecule has 0 bridgehead atoms. The molecule has 0 aliphatic carbocycles. The van der Waals surface area contributed by atoms with Crippen molar-refractivity contribution in [2.75, 3.05) is 26.2 Å². The van der Waals surface area contributed by atoms with Gasteiger partial charge < -0.3 is 15.5 Å². The number of likely N-dealkylation sites (tertiary alicyclic amines) is 1. The fraction of sp³-hybridized carbons (Fsp3) is 0.500. The van der Waals surface area contributed by atoms with Crippen LogP contribution in [0.15, 0.2) is 45.3 Å². The Morgan fingerprint density at radius 1 is 1.29 bits per heavy atom. The summed E-state index contributed by atoms with van der Waals surface area (Å²) in [5.41, 5.74) is 6.04. The fourth-order valence-electron chi connectivity index (χ4n) is 3.11. The van der Waals surface area contributed by atoms with Crippen LogP contribution in [0.5, 0.6) is 0 Å². The third-order valence-corrected chi connectivity index (χ3v) is 5.33.